The number of carbonyl (C=O) groups is 1. The van der Waals surface area contributed by atoms with Gasteiger partial charge >= 0.3 is 0 Å². The first-order valence-electron chi connectivity index (χ1n) is 9.40. The number of methoxy groups -OCH3 is 1. The van der Waals surface area contributed by atoms with Crippen molar-refractivity contribution >= 4 is 5.91 Å². The SMILES string of the molecule is COc1ccc2c(c1)CCN(C(=O)Cn1ccc(C3CCCNC3)n1)C2. The minimum absolute atomic E-state index is 0.128. The van der Waals surface area contributed by atoms with Crippen molar-refractivity contribution in [1.29, 1.82) is 0 Å². The first kappa shape index (κ1) is 17.1. The maximum atomic E-state index is 12.7. The standard InChI is InChI=1S/C20H26N4O2/c1-26-18-5-4-17-13-23(9-6-15(17)11-18)20(25)14-24-10-7-19(22-24)16-3-2-8-21-12-16/h4-5,7,10-11,16,21H,2-3,6,8-9,12-14H2,1H3. The molecule has 1 unspecified atom stereocenters. The Labute approximate surface area is 154 Å². The van der Waals surface area contributed by atoms with E-state index in [1.807, 2.05) is 17.2 Å². The quantitative estimate of drug-likeness (QED) is 0.912. The lowest BCUT2D eigenvalue weighted by Crippen LogP contribution is -2.38. The van der Waals surface area contributed by atoms with Crippen LogP contribution in [-0.2, 0) is 24.3 Å². The average molecular weight is 354 g/mol. The molecular formula is C20H26N4O2. The molecule has 2 aliphatic heterocycles. The van der Waals surface area contributed by atoms with Crippen LogP contribution in [0.15, 0.2) is 30.5 Å². The molecule has 0 radical (unpaired) electrons. The molecule has 1 aromatic carbocycles. The van der Waals surface area contributed by atoms with Gasteiger partial charge in [0.2, 0.25) is 5.91 Å². The molecule has 1 atom stereocenters. The Balaban J connectivity index is 1.38. The van der Waals surface area contributed by atoms with Crippen molar-refractivity contribution in [1.82, 2.24) is 20.0 Å². The molecule has 0 spiro atoms. The molecule has 1 fully saturated rings. The highest BCUT2D eigenvalue weighted by Gasteiger charge is 2.22. The van der Waals surface area contributed by atoms with Crippen molar-refractivity contribution in [3.05, 3.63) is 47.3 Å². The summed E-state index contributed by atoms with van der Waals surface area (Å²) in [6.07, 6.45) is 5.17. The van der Waals surface area contributed by atoms with E-state index in [1.54, 1.807) is 11.8 Å². The van der Waals surface area contributed by atoms with E-state index >= 15 is 0 Å². The van der Waals surface area contributed by atoms with Gasteiger partial charge in [-0.25, -0.2) is 0 Å². The average Bonchev–Trinajstić information content (AvgIpc) is 3.16. The van der Waals surface area contributed by atoms with Gasteiger partial charge in [-0.05, 0) is 55.1 Å². The molecule has 6 heteroatoms. The summed E-state index contributed by atoms with van der Waals surface area (Å²) in [7, 11) is 1.68. The van der Waals surface area contributed by atoms with Gasteiger partial charge < -0.3 is 15.0 Å². The molecule has 2 aliphatic rings. The van der Waals surface area contributed by atoms with Crippen molar-refractivity contribution in [3.63, 3.8) is 0 Å². The Hall–Kier alpha value is -2.34. The van der Waals surface area contributed by atoms with Crippen LogP contribution in [0.3, 0.4) is 0 Å². The Morgan fingerprint density at radius 3 is 3.08 bits per heavy atom. The Bertz CT molecular complexity index is 780. The van der Waals surface area contributed by atoms with Crippen LogP contribution in [0.5, 0.6) is 5.75 Å². The molecule has 2 aromatic rings. The van der Waals surface area contributed by atoms with E-state index in [4.69, 9.17) is 4.74 Å². The molecule has 3 heterocycles. The van der Waals surface area contributed by atoms with Crippen molar-refractivity contribution in [2.75, 3.05) is 26.7 Å². The summed E-state index contributed by atoms with van der Waals surface area (Å²) in [6.45, 7) is 3.81. The van der Waals surface area contributed by atoms with Crippen LogP contribution >= 0.6 is 0 Å². The monoisotopic (exact) mass is 354 g/mol. The molecule has 26 heavy (non-hydrogen) atoms. The molecule has 138 valence electrons. The fourth-order valence-corrected chi connectivity index (χ4v) is 3.90. The summed E-state index contributed by atoms with van der Waals surface area (Å²) in [4.78, 5) is 14.6. The van der Waals surface area contributed by atoms with Crippen molar-refractivity contribution in [3.8, 4) is 5.75 Å². The minimum atomic E-state index is 0.128. The van der Waals surface area contributed by atoms with Crippen LogP contribution in [0.25, 0.3) is 0 Å². The third-order valence-electron chi connectivity index (χ3n) is 5.45. The van der Waals surface area contributed by atoms with Crippen LogP contribution in [0.4, 0.5) is 0 Å². The van der Waals surface area contributed by atoms with Gasteiger partial charge in [-0.15, -0.1) is 0 Å². The normalized spacial score (nSPS) is 19.9. The van der Waals surface area contributed by atoms with Gasteiger partial charge in [0, 0.05) is 31.7 Å². The van der Waals surface area contributed by atoms with Crippen LogP contribution in [0, 0.1) is 0 Å². The predicted molar refractivity (Wildman–Crippen MR) is 99.2 cm³/mol. The highest BCUT2D eigenvalue weighted by atomic mass is 16.5. The van der Waals surface area contributed by atoms with Gasteiger partial charge in [0.1, 0.15) is 12.3 Å². The maximum Gasteiger partial charge on any atom is 0.244 e. The van der Waals surface area contributed by atoms with Gasteiger partial charge in [0.25, 0.3) is 0 Å². The molecule has 1 N–H and O–H groups in total. The van der Waals surface area contributed by atoms with Crippen LogP contribution in [-0.4, -0.2) is 47.3 Å². The highest BCUT2D eigenvalue weighted by molar-refractivity contribution is 5.76. The summed E-state index contributed by atoms with van der Waals surface area (Å²) in [5.74, 6) is 1.48. The Morgan fingerprint density at radius 2 is 2.27 bits per heavy atom. The zero-order valence-electron chi connectivity index (χ0n) is 15.3. The van der Waals surface area contributed by atoms with E-state index < -0.39 is 0 Å². The first-order chi connectivity index (χ1) is 12.7. The summed E-state index contributed by atoms with van der Waals surface area (Å²) < 4.78 is 7.08. The van der Waals surface area contributed by atoms with E-state index in [0.717, 1.165) is 37.5 Å². The second kappa shape index (κ2) is 7.50. The number of nitrogens with zero attached hydrogens (tertiary/aromatic N) is 3. The molecule has 6 nitrogen and oxygen atoms in total. The number of benzene rings is 1. The van der Waals surface area contributed by atoms with E-state index in [9.17, 15) is 4.79 Å². The number of hydrogen-bond donors (Lipinski definition) is 1. The lowest BCUT2D eigenvalue weighted by Gasteiger charge is -2.29. The molecule has 1 aromatic heterocycles. The summed E-state index contributed by atoms with van der Waals surface area (Å²) in [5.41, 5.74) is 3.58. The van der Waals surface area contributed by atoms with E-state index in [2.05, 4.69) is 28.6 Å². The summed E-state index contributed by atoms with van der Waals surface area (Å²) >= 11 is 0. The maximum absolute atomic E-state index is 12.7. The van der Waals surface area contributed by atoms with Crippen LogP contribution in [0.1, 0.15) is 35.6 Å². The third kappa shape index (κ3) is 3.60. The van der Waals surface area contributed by atoms with Crippen LogP contribution < -0.4 is 10.1 Å². The number of fused-ring (bicyclic) bond motifs is 1. The lowest BCUT2D eigenvalue weighted by atomic mass is 9.97. The van der Waals surface area contributed by atoms with Gasteiger partial charge in [0.05, 0.1) is 12.8 Å². The first-order valence-corrected chi connectivity index (χ1v) is 9.40. The Morgan fingerprint density at radius 1 is 1.35 bits per heavy atom. The van der Waals surface area contributed by atoms with E-state index in [-0.39, 0.29) is 5.91 Å². The largest absolute Gasteiger partial charge is 0.497 e. The molecule has 0 aliphatic carbocycles. The van der Waals surface area contributed by atoms with Crippen LogP contribution in [0.2, 0.25) is 0 Å². The van der Waals surface area contributed by atoms with Gasteiger partial charge in [-0.3, -0.25) is 9.48 Å². The summed E-state index contributed by atoms with van der Waals surface area (Å²) in [6, 6.07) is 8.17. The smallest absolute Gasteiger partial charge is 0.244 e. The fourth-order valence-electron chi connectivity index (χ4n) is 3.90. The summed E-state index contributed by atoms with van der Waals surface area (Å²) in [5, 5.41) is 8.07. The highest BCUT2D eigenvalue weighted by Crippen LogP contribution is 2.24. The number of piperidine rings is 1. The molecule has 0 bridgehead atoms. The Kier molecular flexibility index (Phi) is 4.93. The number of aromatic nitrogens is 2. The zero-order chi connectivity index (χ0) is 17.9. The van der Waals surface area contributed by atoms with Crippen molar-refractivity contribution in [2.45, 2.75) is 38.3 Å². The van der Waals surface area contributed by atoms with E-state index in [1.165, 1.54) is 24.0 Å². The fraction of sp³-hybridized carbons (Fsp3) is 0.500. The molecule has 1 amide bonds. The topological polar surface area (TPSA) is 59.4 Å². The number of amides is 1. The lowest BCUT2D eigenvalue weighted by molar-refractivity contribution is -0.133. The second-order valence-electron chi connectivity index (χ2n) is 7.18. The number of nitrogens with one attached hydrogen (secondary N) is 1. The van der Waals surface area contributed by atoms with Gasteiger partial charge in [0.15, 0.2) is 0 Å². The third-order valence-corrected chi connectivity index (χ3v) is 5.45. The number of rotatable bonds is 4. The molecule has 4 rings (SSSR count). The second-order valence-corrected chi connectivity index (χ2v) is 7.18. The van der Waals surface area contributed by atoms with E-state index in [0.29, 0.717) is 19.0 Å². The van der Waals surface area contributed by atoms with Gasteiger partial charge in [-0.2, -0.15) is 5.10 Å². The molecule has 1 saturated heterocycles. The number of carbonyl (C=O) groups excluding carboxylic acids is 1. The minimum Gasteiger partial charge on any atom is -0.497 e. The van der Waals surface area contributed by atoms with Crippen molar-refractivity contribution < 1.29 is 9.53 Å². The van der Waals surface area contributed by atoms with Crippen molar-refractivity contribution in [2.24, 2.45) is 0 Å². The number of hydrogen-bond acceptors (Lipinski definition) is 4. The molecule has 0 saturated carbocycles. The number of ether oxygens (including phenoxy) is 1. The molecular weight excluding hydrogens is 328 g/mol. The van der Waals surface area contributed by atoms with Gasteiger partial charge in [-0.1, -0.05) is 6.07 Å². The predicted octanol–water partition coefficient (Wildman–Crippen LogP) is 1.94. The zero-order valence-corrected chi connectivity index (χ0v) is 15.3.